The Kier molecular flexibility index (Phi) is 5.69. The first-order valence-electron chi connectivity index (χ1n) is 8.11. The maximum absolute atomic E-state index is 12.7. The van der Waals surface area contributed by atoms with Crippen LogP contribution in [-0.4, -0.2) is 48.4 Å². The Morgan fingerprint density at radius 2 is 2.00 bits per heavy atom. The van der Waals surface area contributed by atoms with Gasteiger partial charge in [-0.3, -0.25) is 14.5 Å². The molecule has 3 rings (SSSR count). The molecule has 136 valence electrons. The molecule has 2 fully saturated rings. The molecule has 1 aromatic rings. The molecule has 2 saturated heterocycles. The number of hydrogen-bond donors (Lipinski definition) is 3. The van der Waals surface area contributed by atoms with Crippen molar-refractivity contribution in [3.8, 4) is 0 Å². The molecule has 3 N–H and O–H groups in total. The lowest BCUT2D eigenvalue weighted by molar-refractivity contribution is -0.135. The summed E-state index contributed by atoms with van der Waals surface area (Å²) < 4.78 is 0. The summed E-state index contributed by atoms with van der Waals surface area (Å²) in [5.74, 6) is -0.726. The zero-order chi connectivity index (χ0) is 17.3. The van der Waals surface area contributed by atoms with Crippen LogP contribution in [0.25, 0.3) is 0 Å². The van der Waals surface area contributed by atoms with E-state index in [1.807, 2.05) is 31.2 Å². The molecule has 2 unspecified atom stereocenters. The first-order valence-corrected chi connectivity index (χ1v) is 8.11. The van der Waals surface area contributed by atoms with Crippen molar-refractivity contribution < 1.29 is 14.4 Å². The predicted octanol–water partition coefficient (Wildman–Crippen LogP) is 0.662. The molecule has 0 saturated carbocycles. The molecule has 2 heterocycles. The molecule has 7 nitrogen and oxygen atoms in total. The Bertz CT molecular complexity index is 673. The van der Waals surface area contributed by atoms with E-state index < -0.39 is 17.5 Å². The number of benzene rings is 1. The molecule has 2 aliphatic heterocycles. The van der Waals surface area contributed by atoms with Crippen LogP contribution < -0.4 is 16.0 Å². The fourth-order valence-electron chi connectivity index (χ4n) is 3.12. The lowest BCUT2D eigenvalue weighted by atomic mass is 9.91. The zero-order valence-electron chi connectivity index (χ0n) is 14.3. The van der Waals surface area contributed by atoms with E-state index in [0.717, 1.165) is 23.4 Å². The summed E-state index contributed by atoms with van der Waals surface area (Å²) in [6.07, 6.45) is 0.854. The van der Waals surface area contributed by atoms with Gasteiger partial charge in [-0.2, -0.15) is 0 Å². The number of amides is 4. The Morgan fingerprint density at radius 1 is 1.32 bits per heavy atom. The van der Waals surface area contributed by atoms with Crippen LogP contribution in [0, 0.1) is 6.92 Å². The quantitative estimate of drug-likeness (QED) is 0.683. The van der Waals surface area contributed by atoms with E-state index in [-0.39, 0.29) is 30.9 Å². The summed E-state index contributed by atoms with van der Waals surface area (Å²) >= 11 is 0. The van der Waals surface area contributed by atoms with Gasteiger partial charge >= 0.3 is 6.03 Å². The molecular weight excluding hydrogens is 344 g/mol. The highest BCUT2D eigenvalue weighted by Crippen LogP contribution is 2.28. The van der Waals surface area contributed by atoms with Gasteiger partial charge in [-0.15, -0.1) is 12.4 Å². The van der Waals surface area contributed by atoms with Gasteiger partial charge in [0.1, 0.15) is 12.1 Å². The van der Waals surface area contributed by atoms with Gasteiger partial charge in [-0.25, -0.2) is 4.79 Å². The summed E-state index contributed by atoms with van der Waals surface area (Å²) in [4.78, 5) is 38.1. The standard InChI is InChI=1S/C17H22N4O3.ClH/c1-11-3-5-12(6-4-11)17(2)15(23)21(16(24)20-17)10-14(22)19-13-7-8-18-9-13;/h3-6,13,18H,7-10H2,1-2H3,(H,19,22)(H,20,24);1H. The number of imide groups is 1. The van der Waals surface area contributed by atoms with Crippen molar-refractivity contribution in [1.29, 1.82) is 0 Å². The summed E-state index contributed by atoms with van der Waals surface area (Å²) in [6, 6.07) is 6.94. The normalized spacial score (nSPS) is 25.5. The van der Waals surface area contributed by atoms with Gasteiger partial charge in [-0.1, -0.05) is 29.8 Å². The van der Waals surface area contributed by atoms with Crippen LogP contribution in [0.3, 0.4) is 0 Å². The minimum atomic E-state index is -1.14. The maximum atomic E-state index is 12.7. The van der Waals surface area contributed by atoms with Crippen molar-refractivity contribution >= 4 is 30.3 Å². The molecule has 2 atom stereocenters. The number of aryl methyl sites for hydroxylation is 1. The third kappa shape index (κ3) is 3.77. The van der Waals surface area contributed by atoms with Gasteiger partial charge in [0, 0.05) is 12.6 Å². The van der Waals surface area contributed by atoms with Gasteiger partial charge in [-0.05, 0) is 32.4 Å². The summed E-state index contributed by atoms with van der Waals surface area (Å²) in [5, 5.41) is 8.71. The van der Waals surface area contributed by atoms with Crippen molar-refractivity contribution in [1.82, 2.24) is 20.9 Å². The summed E-state index contributed by atoms with van der Waals surface area (Å²) in [5.41, 5.74) is 0.634. The first kappa shape index (κ1) is 19.2. The topological polar surface area (TPSA) is 90.5 Å². The van der Waals surface area contributed by atoms with Crippen molar-refractivity contribution in [2.45, 2.75) is 31.8 Å². The minimum Gasteiger partial charge on any atom is -0.350 e. The minimum absolute atomic E-state index is 0. The maximum Gasteiger partial charge on any atom is 0.325 e. The highest BCUT2D eigenvalue weighted by atomic mass is 35.5. The third-order valence-electron chi connectivity index (χ3n) is 4.63. The van der Waals surface area contributed by atoms with Gasteiger partial charge in [0.2, 0.25) is 5.91 Å². The van der Waals surface area contributed by atoms with E-state index >= 15 is 0 Å². The number of carbonyl (C=O) groups excluding carboxylic acids is 3. The van der Waals surface area contributed by atoms with Gasteiger partial charge < -0.3 is 16.0 Å². The van der Waals surface area contributed by atoms with Crippen molar-refractivity contribution in [3.63, 3.8) is 0 Å². The fraction of sp³-hybridized carbons (Fsp3) is 0.471. The third-order valence-corrected chi connectivity index (χ3v) is 4.63. The van der Waals surface area contributed by atoms with E-state index in [0.29, 0.717) is 12.1 Å². The summed E-state index contributed by atoms with van der Waals surface area (Å²) in [7, 11) is 0. The molecule has 0 aliphatic carbocycles. The molecule has 0 radical (unpaired) electrons. The number of rotatable bonds is 4. The van der Waals surface area contributed by atoms with E-state index in [1.165, 1.54) is 0 Å². The smallest absolute Gasteiger partial charge is 0.325 e. The van der Waals surface area contributed by atoms with Crippen LogP contribution in [0.1, 0.15) is 24.5 Å². The second-order valence-corrected chi connectivity index (χ2v) is 6.57. The number of urea groups is 1. The molecule has 1 aromatic carbocycles. The lowest BCUT2D eigenvalue weighted by Gasteiger charge is -2.22. The number of hydrogen-bond acceptors (Lipinski definition) is 4. The van der Waals surface area contributed by atoms with Crippen LogP contribution >= 0.6 is 12.4 Å². The second kappa shape index (κ2) is 7.41. The first-order chi connectivity index (χ1) is 11.4. The molecule has 0 spiro atoms. The highest BCUT2D eigenvalue weighted by Gasteiger charge is 2.49. The number of halogens is 1. The Hall–Kier alpha value is -2.12. The molecular formula is C17H23ClN4O3. The van der Waals surface area contributed by atoms with Crippen LogP contribution in [0.4, 0.5) is 4.79 Å². The average molecular weight is 367 g/mol. The Labute approximate surface area is 152 Å². The number of nitrogens with zero attached hydrogens (tertiary/aromatic N) is 1. The molecule has 0 aromatic heterocycles. The molecule has 25 heavy (non-hydrogen) atoms. The van der Waals surface area contributed by atoms with Gasteiger partial charge in [0.05, 0.1) is 0 Å². The van der Waals surface area contributed by atoms with E-state index in [1.54, 1.807) is 6.92 Å². The largest absolute Gasteiger partial charge is 0.350 e. The van der Waals surface area contributed by atoms with Crippen LogP contribution in [0.2, 0.25) is 0 Å². The molecule has 0 bridgehead atoms. The van der Waals surface area contributed by atoms with Crippen LogP contribution in [0.5, 0.6) is 0 Å². The number of nitrogens with one attached hydrogen (secondary N) is 3. The van der Waals surface area contributed by atoms with Gasteiger partial charge in [0.15, 0.2) is 0 Å². The summed E-state index contributed by atoms with van der Waals surface area (Å²) in [6.45, 7) is 4.93. The monoisotopic (exact) mass is 366 g/mol. The molecule has 4 amide bonds. The van der Waals surface area contributed by atoms with Crippen molar-refractivity contribution in [2.24, 2.45) is 0 Å². The second-order valence-electron chi connectivity index (χ2n) is 6.57. The Morgan fingerprint density at radius 3 is 2.60 bits per heavy atom. The van der Waals surface area contributed by atoms with Crippen molar-refractivity contribution in [2.75, 3.05) is 19.6 Å². The van der Waals surface area contributed by atoms with Crippen LogP contribution in [-0.2, 0) is 15.1 Å². The van der Waals surface area contributed by atoms with Crippen LogP contribution in [0.15, 0.2) is 24.3 Å². The number of carbonyl (C=O) groups is 3. The van der Waals surface area contributed by atoms with E-state index in [9.17, 15) is 14.4 Å². The van der Waals surface area contributed by atoms with E-state index in [4.69, 9.17) is 0 Å². The highest BCUT2D eigenvalue weighted by molar-refractivity contribution is 6.09. The average Bonchev–Trinajstić information content (AvgIpc) is 3.11. The molecule has 8 heteroatoms. The fourth-order valence-corrected chi connectivity index (χ4v) is 3.12. The van der Waals surface area contributed by atoms with E-state index in [2.05, 4.69) is 16.0 Å². The predicted molar refractivity (Wildman–Crippen MR) is 95.4 cm³/mol. The Balaban J connectivity index is 0.00000225. The van der Waals surface area contributed by atoms with Crippen molar-refractivity contribution in [3.05, 3.63) is 35.4 Å². The SMILES string of the molecule is Cc1ccc(C2(C)NC(=O)N(CC(=O)NC3CCNC3)C2=O)cc1.Cl. The zero-order valence-corrected chi connectivity index (χ0v) is 15.1. The molecule has 2 aliphatic rings. The van der Waals surface area contributed by atoms with Gasteiger partial charge in [0.25, 0.3) is 5.91 Å². The lowest BCUT2D eigenvalue weighted by Crippen LogP contribution is -2.46.